The minimum absolute atomic E-state index is 0.386. The number of hydrogen-bond acceptors (Lipinski definition) is 3. The van der Waals surface area contributed by atoms with E-state index in [2.05, 4.69) is 15.7 Å². The van der Waals surface area contributed by atoms with Crippen LogP contribution in [0.4, 0.5) is 13.2 Å². The van der Waals surface area contributed by atoms with Crippen molar-refractivity contribution < 1.29 is 27.1 Å². The molecule has 0 aromatic carbocycles. The van der Waals surface area contributed by atoms with Gasteiger partial charge in [0, 0.05) is 5.57 Å². The number of carbonyl (C=O) groups excluding carboxylic acids is 1. The molecule has 0 aliphatic heterocycles. The molecular formula is C10H9F3O3. The third kappa shape index (κ3) is 2.44. The molecule has 6 heteroatoms. The number of carbonyl (C=O) groups is 1. The first-order chi connectivity index (χ1) is 7.38. The summed E-state index contributed by atoms with van der Waals surface area (Å²) in [5.41, 5.74) is -0.704. The number of hydrogen-bond donors (Lipinski definition) is 0. The van der Waals surface area contributed by atoms with Crippen molar-refractivity contribution in [3.8, 4) is 0 Å². The summed E-state index contributed by atoms with van der Waals surface area (Å²) < 4.78 is 47.0. The summed E-state index contributed by atoms with van der Waals surface area (Å²) in [7, 11) is 0.989. The molecule has 0 saturated heterocycles. The fourth-order valence-corrected chi connectivity index (χ4v) is 1.24. The Morgan fingerprint density at radius 2 is 2.19 bits per heavy atom. The van der Waals surface area contributed by atoms with Gasteiger partial charge in [0.2, 0.25) is 0 Å². The molecule has 0 aliphatic rings. The molecule has 1 aromatic rings. The Hall–Kier alpha value is -1.72. The van der Waals surface area contributed by atoms with E-state index in [0.717, 1.165) is 19.4 Å². The van der Waals surface area contributed by atoms with E-state index in [0.29, 0.717) is 0 Å². The lowest BCUT2D eigenvalue weighted by molar-refractivity contribution is -0.155. The molecule has 0 N–H and O–H groups in total. The molecule has 1 aromatic heterocycles. The largest absolute Gasteiger partial charge is 0.468 e. The maximum atomic E-state index is 12.7. The van der Waals surface area contributed by atoms with Crippen LogP contribution in [0.15, 0.2) is 35.0 Å². The number of esters is 1. The van der Waals surface area contributed by atoms with Crippen molar-refractivity contribution in [2.45, 2.75) is 12.1 Å². The minimum atomic E-state index is -4.65. The molecular weight excluding hydrogens is 225 g/mol. The topological polar surface area (TPSA) is 39.4 Å². The van der Waals surface area contributed by atoms with Crippen LogP contribution in [-0.4, -0.2) is 19.3 Å². The lowest BCUT2D eigenvalue weighted by Gasteiger charge is -2.18. The highest BCUT2D eigenvalue weighted by molar-refractivity contribution is 5.89. The van der Waals surface area contributed by atoms with Gasteiger partial charge in [-0.3, -0.25) is 0 Å². The van der Waals surface area contributed by atoms with Crippen LogP contribution >= 0.6 is 0 Å². The highest BCUT2D eigenvalue weighted by Crippen LogP contribution is 2.40. The predicted molar refractivity (Wildman–Crippen MR) is 48.7 cm³/mol. The van der Waals surface area contributed by atoms with Crippen LogP contribution < -0.4 is 0 Å². The highest BCUT2D eigenvalue weighted by atomic mass is 19.4. The normalized spacial score (nSPS) is 13.2. The van der Waals surface area contributed by atoms with Gasteiger partial charge in [0.1, 0.15) is 11.7 Å². The number of alkyl halides is 3. The highest BCUT2D eigenvalue weighted by Gasteiger charge is 2.46. The SMILES string of the molecule is C=C(C(=O)OC)[C@H](c1ccco1)C(F)(F)F. The zero-order valence-corrected chi connectivity index (χ0v) is 8.38. The van der Waals surface area contributed by atoms with Crippen molar-refractivity contribution >= 4 is 5.97 Å². The van der Waals surface area contributed by atoms with Gasteiger partial charge in [-0.2, -0.15) is 13.2 Å². The number of methoxy groups -OCH3 is 1. The van der Waals surface area contributed by atoms with Crippen LogP contribution in [0.25, 0.3) is 0 Å². The van der Waals surface area contributed by atoms with Crippen molar-refractivity contribution in [1.82, 2.24) is 0 Å². The Balaban J connectivity index is 3.08. The number of rotatable bonds is 3. The lowest BCUT2D eigenvalue weighted by atomic mass is 9.97. The van der Waals surface area contributed by atoms with E-state index in [1.165, 1.54) is 6.07 Å². The zero-order chi connectivity index (χ0) is 12.3. The fraction of sp³-hybridized carbons (Fsp3) is 0.300. The molecule has 0 amide bonds. The third-order valence-electron chi connectivity index (χ3n) is 1.95. The van der Waals surface area contributed by atoms with E-state index in [9.17, 15) is 18.0 Å². The van der Waals surface area contributed by atoms with Crippen molar-refractivity contribution in [2.75, 3.05) is 7.11 Å². The second-order valence-electron chi connectivity index (χ2n) is 3.01. The van der Waals surface area contributed by atoms with Crippen LogP contribution in [0.1, 0.15) is 11.7 Å². The first-order valence-corrected chi connectivity index (χ1v) is 4.25. The van der Waals surface area contributed by atoms with E-state index >= 15 is 0 Å². The van der Waals surface area contributed by atoms with E-state index in [4.69, 9.17) is 0 Å². The maximum Gasteiger partial charge on any atom is 0.402 e. The van der Waals surface area contributed by atoms with Gasteiger partial charge in [-0.1, -0.05) is 6.58 Å². The summed E-state index contributed by atoms with van der Waals surface area (Å²) in [6.07, 6.45) is -3.55. The molecule has 0 aliphatic carbocycles. The molecule has 16 heavy (non-hydrogen) atoms. The monoisotopic (exact) mass is 234 g/mol. The van der Waals surface area contributed by atoms with Gasteiger partial charge < -0.3 is 9.15 Å². The minimum Gasteiger partial charge on any atom is -0.468 e. The lowest BCUT2D eigenvalue weighted by Crippen LogP contribution is -2.26. The van der Waals surface area contributed by atoms with Crippen LogP contribution in [0.3, 0.4) is 0 Å². The molecule has 1 rings (SSSR count). The molecule has 0 saturated carbocycles. The molecule has 1 atom stereocenters. The van der Waals surface area contributed by atoms with Crippen molar-refractivity contribution in [2.24, 2.45) is 0 Å². The van der Waals surface area contributed by atoms with E-state index in [-0.39, 0.29) is 5.76 Å². The second-order valence-corrected chi connectivity index (χ2v) is 3.01. The van der Waals surface area contributed by atoms with Crippen LogP contribution in [0.2, 0.25) is 0 Å². The number of furan rings is 1. The smallest absolute Gasteiger partial charge is 0.402 e. The Morgan fingerprint density at radius 1 is 1.56 bits per heavy atom. The van der Waals surface area contributed by atoms with Gasteiger partial charge >= 0.3 is 12.1 Å². The molecule has 1 heterocycles. The van der Waals surface area contributed by atoms with Crippen LogP contribution in [0, 0.1) is 0 Å². The van der Waals surface area contributed by atoms with Crippen molar-refractivity contribution in [3.63, 3.8) is 0 Å². The van der Waals surface area contributed by atoms with Crippen LogP contribution in [0.5, 0.6) is 0 Å². The summed E-state index contributed by atoms with van der Waals surface area (Å²) in [4.78, 5) is 11.0. The van der Waals surface area contributed by atoms with Gasteiger partial charge in [0.25, 0.3) is 0 Å². The van der Waals surface area contributed by atoms with Crippen molar-refractivity contribution in [1.29, 1.82) is 0 Å². The van der Waals surface area contributed by atoms with Gasteiger partial charge in [0.05, 0.1) is 13.4 Å². The molecule has 0 fully saturated rings. The van der Waals surface area contributed by atoms with E-state index < -0.39 is 23.6 Å². The first-order valence-electron chi connectivity index (χ1n) is 4.25. The van der Waals surface area contributed by atoms with Gasteiger partial charge in [-0.25, -0.2) is 4.79 Å². The quantitative estimate of drug-likeness (QED) is 0.596. The van der Waals surface area contributed by atoms with Crippen molar-refractivity contribution in [3.05, 3.63) is 36.3 Å². The Labute approximate surface area is 89.5 Å². The van der Waals surface area contributed by atoms with E-state index in [1.807, 2.05) is 0 Å². The number of halogens is 3. The Morgan fingerprint density at radius 3 is 2.56 bits per heavy atom. The first kappa shape index (κ1) is 12.4. The molecule has 0 unspecified atom stereocenters. The summed E-state index contributed by atoms with van der Waals surface area (Å²) >= 11 is 0. The van der Waals surface area contributed by atoms with E-state index in [1.54, 1.807) is 0 Å². The zero-order valence-electron chi connectivity index (χ0n) is 8.38. The molecule has 0 bridgehead atoms. The maximum absolute atomic E-state index is 12.7. The number of ether oxygens (including phenoxy) is 1. The molecule has 88 valence electrons. The van der Waals surface area contributed by atoms with Gasteiger partial charge in [-0.05, 0) is 12.1 Å². The van der Waals surface area contributed by atoms with Crippen LogP contribution in [-0.2, 0) is 9.53 Å². The fourth-order valence-electron chi connectivity index (χ4n) is 1.24. The Bertz CT molecular complexity index is 379. The molecule has 0 radical (unpaired) electrons. The van der Waals surface area contributed by atoms with Gasteiger partial charge in [0.15, 0.2) is 0 Å². The third-order valence-corrected chi connectivity index (χ3v) is 1.95. The predicted octanol–water partition coefficient (Wildman–Crippen LogP) is 2.65. The average molecular weight is 234 g/mol. The summed E-state index contributed by atoms with van der Waals surface area (Å²) in [6.45, 7) is 3.09. The Kier molecular flexibility index (Phi) is 3.41. The summed E-state index contributed by atoms with van der Waals surface area (Å²) in [6, 6.07) is 2.44. The summed E-state index contributed by atoms with van der Waals surface area (Å²) in [5.74, 6) is -3.67. The molecule has 0 spiro atoms. The average Bonchev–Trinajstić information content (AvgIpc) is 2.67. The second kappa shape index (κ2) is 4.42. The summed E-state index contributed by atoms with van der Waals surface area (Å²) in [5, 5.41) is 0. The van der Waals surface area contributed by atoms with Gasteiger partial charge in [-0.15, -0.1) is 0 Å². The molecule has 3 nitrogen and oxygen atoms in total. The standard InChI is InChI=1S/C10H9F3O3/c1-6(9(14)15-2)8(10(11,12)13)7-4-3-5-16-7/h3-5,8H,1H2,2H3/t8-/m1/s1.